The third-order valence-electron chi connectivity index (χ3n) is 3.64. The maximum absolute atomic E-state index is 7.64. The first-order chi connectivity index (χ1) is 8.97. The lowest BCUT2D eigenvalue weighted by Gasteiger charge is -2.30. The highest BCUT2D eigenvalue weighted by Gasteiger charge is 2.22. The van der Waals surface area contributed by atoms with E-state index in [1.165, 1.54) is 18.5 Å². The van der Waals surface area contributed by atoms with E-state index in [9.17, 15) is 0 Å². The van der Waals surface area contributed by atoms with Crippen LogP contribution in [0.3, 0.4) is 0 Å². The fraction of sp³-hybridized carbons (Fsp3) is 0.562. The van der Waals surface area contributed by atoms with Crippen molar-refractivity contribution in [3.05, 3.63) is 30.3 Å². The molecule has 3 N–H and O–H groups in total. The Labute approximate surface area is 117 Å². The number of amidine groups is 1. The second kappa shape index (κ2) is 7.17. The summed E-state index contributed by atoms with van der Waals surface area (Å²) in [4.78, 5) is 2.40. The number of hydrogen-bond acceptors (Lipinski definition) is 2. The molecule has 0 fully saturated rings. The summed E-state index contributed by atoms with van der Waals surface area (Å²) in [5.41, 5.74) is 6.70. The Morgan fingerprint density at radius 1 is 1.21 bits per heavy atom. The monoisotopic (exact) mass is 261 g/mol. The normalized spacial score (nSPS) is 11.3. The summed E-state index contributed by atoms with van der Waals surface area (Å²) in [5, 5.41) is 7.64. The molecule has 0 aliphatic heterocycles. The van der Waals surface area contributed by atoms with Crippen LogP contribution in [0.2, 0.25) is 0 Å². The molecule has 19 heavy (non-hydrogen) atoms. The average Bonchev–Trinajstić information content (AvgIpc) is 2.39. The van der Waals surface area contributed by atoms with E-state index in [4.69, 9.17) is 11.1 Å². The number of benzene rings is 1. The van der Waals surface area contributed by atoms with Crippen LogP contribution >= 0.6 is 0 Å². The van der Waals surface area contributed by atoms with Gasteiger partial charge in [0.05, 0.1) is 5.84 Å². The van der Waals surface area contributed by atoms with Gasteiger partial charge >= 0.3 is 0 Å². The molecule has 0 unspecified atom stereocenters. The molecular formula is C16H27N3. The highest BCUT2D eigenvalue weighted by Crippen LogP contribution is 2.23. The fourth-order valence-electron chi connectivity index (χ4n) is 1.91. The molecule has 0 spiro atoms. The molecule has 3 nitrogen and oxygen atoms in total. The lowest BCUT2D eigenvalue weighted by molar-refractivity contribution is 0.464. The molecule has 0 aliphatic carbocycles. The minimum absolute atomic E-state index is 0.223. The van der Waals surface area contributed by atoms with E-state index in [0.29, 0.717) is 0 Å². The molecule has 0 saturated carbocycles. The standard InChI is InChI=1S/C16H27N3/c1-4-5-12-19(14-9-7-6-8-10-14)13-11-16(2,3)15(17)18/h6-10H,4-5,11-13H2,1-3H3,(H3,17,18). The molecule has 1 rings (SSSR count). The van der Waals surface area contributed by atoms with Crippen molar-refractivity contribution in [3.63, 3.8) is 0 Å². The third-order valence-corrected chi connectivity index (χ3v) is 3.64. The lowest BCUT2D eigenvalue weighted by atomic mass is 9.88. The maximum Gasteiger partial charge on any atom is 0.0963 e. The fourth-order valence-corrected chi connectivity index (χ4v) is 1.91. The van der Waals surface area contributed by atoms with E-state index in [0.717, 1.165) is 19.5 Å². The Hall–Kier alpha value is -1.51. The Kier molecular flexibility index (Phi) is 5.87. The summed E-state index contributed by atoms with van der Waals surface area (Å²) in [5.74, 6) is 0.274. The largest absolute Gasteiger partial charge is 0.387 e. The van der Waals surface area contributed by atoms with E-state index < -0.39 is 0 Å². The van der Waals surface area contributed by atoms with Gasteiger partial charge in [-0.05, 0) is 25.0 Å². The number of nitrogens with two attached hydrogens (primary N) is 1. The van der Waals surface area contributed by atoms with Crippen LogP contribution in [0.25, 0.3) is 0 Å². The maximum atomic E-state index is 7.64. The molecule has 3 heteroatoms. The van der Waals surface area contributed by atoms with Crippen LogP contribution in [-0.2, 0) is 0 Å². The number of nitrogens with zero attached hydrogens (tertiary/aromatic N) is 1. The number of hydrogen-bond donors (Lipinski definition) is 2. The molecule has 0 atom stereocenters. The van der Waals surface area contributed by atoms with Crippen molar-refractivity contribution in [1.29, 1.82) is 5.41 Å². The third kappa shape index (κ3) is 4.93. The first-order valence-electron chi connectivity index (χ1n) is 7.12. The van der Waals surface area contributed by atoms with Gasteiger partial charge in [-0.25, -0.2) is 0 Å². The summed E-state index contributed by atoms with van der Waals surface area (Å²) in [7, 11) is 0. The molecule has 0 bridgehead atoms. The quantitative estimate of drug-likeness (QED) is 0.554. The van der Waals surface area contributed by atoms with Gasteiger partial charge in [0.25, 0.3) is 0 Å². The molecular weight excluding hydrogens is 234 g/mol. The minimum atomic E-state index is -0.223. The topological polar surface area (TPSA) is 53.1 Å². The second-order valence-electron chi connectivity index (χ2n) is 5.72. The van der Waals surface area contributed by atoms with Crippen molar-refractivity contribution in [1.82, 2.24) is 0 Å². The van der Waals surface area contributed by atoms with Gasteiger partial charge in [0, 0.05) is 24.2 Å². The van der Waals surface area contributed by atoms with Crippen molar-refractivity contribution in [3.8, 4) is 0 Å². The predicted octanol–water partition coefficient (Wildman–Crippen LogP) is 3.65. The van der Waals surface area contributed by atoms with Crippen molar-refractivity contribution in [2.24, 2.45) is 11.1 Å². The van der Waals surface area contributed by atoms with Gasteiger partial charge in [-0.2, -0.15) is 0 Å². The van der Waals surface area contributed by atoms with Crippen LogP contribution in [0.4, 0.5) is 5.69 Å². The molecule has 0 aliphatic rings. The van der Waals surface area contributed by atoms with Gasteiger partial charge in [0.2, 0.25) is 0 Å². The smallest absolute Gasteiger partial charge is 0.0963 e. The first-order valence-corrected chi connectivity index (χ1v) is 7.12. The summed E-state index contributed by atoms with van der Waals surface area (Å²) >= 11 is 0. The molecule has 0 amide bonds. The van der Waals surface area contributed by atoms with Gasteiger partial charge in [-0.15, -0.1) is 0 Å². The van der Waals surface area contributed by atoms with Gasteiger partial charge < -0.3 is 10.6 Å². The molecule has 1 aromatic carbocycles. The minimum Gasteiger partial charge on any atom is -0.387 e. The summed E-state index contributed by atoms with van der Waals surface area (Å²) in [6.45, 7) is 8.30. The summed E-state index contributed by atoms with van der Waals surface area (Å²) in [6.07, 6.45) is 3.29. The van der Waals surface area contributed by atoms with Crippen molar-refractivity contribution in [2.45, 2.75) is 40.0 Å². The molecule has 1 aromatic rings. The summed E-state index contributed by atoms with van der Waals surface area (Å²) in [6, 6.07) is 10.5. The van der Waals surface area contributed by atoms with Crippen LogP contribution in [0, 0.1) is 10.8 Å². The molecule has 0 heterocycles. The van der Waals surface area contributed by atoms with E-state index in [2.05, 4.69) is 36.1 Å². The van der Waals surface area contributed by atoms with E-state index in [1.54, 1.807) is 0 Å². The Morgan fingerprint density at radius 2 is 1.84 bits per heavy atom. The van der Waals surface area contributed by atoms with Gasteiger partial charge in [-0.1, -0.05) is 45.4 Å². The zero-order valence-electron chi connectivity index (χ0n) is 12.4. The van der Waals surface area contributed by atoms with Crippen molar-refractivity contribution >= 4 is 11.5 Å². The number of nitrogens with one attached hydrogen (secondary N) is 1. The number of rotatable bonds is 8. The van der Waals surface area contributed by atoms with E-state index in [-0.39, 0.29) is 11.3 Å². The highest BCUT2D eigenvalue weighted by molar-refractivity contribution is 5.82. The van der Waals surface area contributed by atoms with Crippen molar-refractivity contribution in [2.75, 3.05) is 18.0 Å². The van der Waals surface area contributed by atoms with Gasteiger partial charge in [-0.3, -0.25) is 5.41 Å². The van der Waals surface area contributed by atoms with E-state index in [1.807, 2.05) is 19.9 Å². The van der Waals surface area contributed by atoms with E-state index >= 15 is 0 Å². The van der Waals surface area contributed by atoms with Crippen LogP contribution < -0.4 is 10.6 Å². The van der Waals surface area contributed by atoms with Crippen molar-refractivity contribution < 1.29 is 0 Å². The Morgan fingerprint density at radius 3 is 2.37 bits per heavy atom. The second-order valence-corrected chi connectivity index (χ2v) is 5.72. The first kappa shape index (κ1) is 15.5. The van der Waals surface area contributed by atoms with Crippen LogP contribution in [0.1, 0.15) is 40.0 Å². The van der Waals surface area contributed by atoms with Gasteiger partial charge in [0.15, 0.2) is 0 Å². The predicted molar refractivity (Wildman–Crippen MR) is 83.9 cm³/mol. The summed E-state index contributed by atoms with van der Waals surface area (Å²) < 4.78 is 0. The van der Waals surface area contributed by atoms with Crippen LogP contribution in [-0.4, -0.2) is 18.9 Å². The molecule has 0 aromatic heterocycles. The number of anilines is 1. The molecule has 0 saturated heterocycles. The molecule has 106 valence electrons. The zero-order chi connectivity index (χ0) is 14.3. The number of para-hydroxylation sites is 1. The lowest BCUT2D eigenvalue weighted by Crippen LogP contribution is -2.36. The van der Waals surface area contributed by atoms with Crippen LogP contribution in [0.15, 0.2) is 30.3 Å². The average molecular weight is 261 g/mol. The Balaban J connectivity index is 2.68. The van der Waals surface area contributed by atoms with Crippen LogP contribution in [0.5, 0.6) is 0 Å². The highest BCUT2D eigenvalue weighted by atomic mass is 15.1. The SMILES string of the molecule is CCCCN(CCC(C)(C)C(=N)N)c1ccccc1. The Bertz CT molecular complexity index is 384. The molecule has 0 radical (unpaired) electrons. The zero-order valence-corrected chi connectivity index (χ0v) is 12.4. The number of unbranched alkanes of at least 4 members (excludes halogenated alkanes) is 1. The van der Waals surface area contributed by atoms with Gasteiger partial charge in [0.1, 0.15) is 0 Å².